The molecule has 2 nitrogen and oxygen atoms in total. The van der Waals surface area contributed by atoms with Crippen molar-refractivity contribution >= 4 is 0 Å². The molecule has 29 heavy (non-hydrogen) atoms. The van der Waals surface area contributed by atoms with Gasteiger partial charge in [0.15, 0.2) is 0 Å². The van der Waals surface area contributed by atoms with Crippen LogP contribution in [0.4, 0.5) is 0 Å². The summed E-state index contributed by atoms with van der Waals surface area (Å²) in [4.78, 5) is 0. The fraction of sp³-hybridized carbons (Fsp3) is 0.778. The monoisotopic (exact) mass is 400 g/mol. The summed E-state index contributed by atoms with van der Waals surface area (Å²) in [7, 11) is 0. The summed E-state index contributed by atoms with van der Waals surface area (Å²) in [6.07, 6.45) is 16.9. The molecule has 0 amide bonds. The third-order valence-electron chi connectivity index (χ3n) is 8.36. The van der Waals surface area contributed by atoms with Gasteiger partial charge in [-0.3, -0.25) is 0 Å². The molecule has 0 aromatic rings. The van der Waals surface area contributed by atoms with E-state index in [1.807, 2.05) is 13.8 Å². The first-order valence-electron chi connectivity index (χ1n) is 12.1. The van der Waals surface area contributed by atoms with Crippen LogP contribution in [0, 0.1) is 23.2 Å². The Labute approximate surface area is 179 Å². The van der Waals surface area contributed by atoms with Crippen LogP contribution in [0.5, 0.6) is 0 Å². The molecular weight excluding hydrogens is 356 g/mol. The lowest BCUT2D eigenvalue weighted by molar-refractivity contribution is 0.0596. The maximum atomic E-state index is 10.0. The quantitative estimate of drug-likeness (QED) is 0.518. The van der Waals surface area contributed by atoms with E-state index in [2.05, 4.69) is 32.6 Å². The molecule has 0 aromatic heterocycles. The average molecular weight is 401 g/mol. The summed E-state index contributed by atoms with van der Waals surface area (Å²) < 4.78 is 0. The summed E-state index contributed by atoms with van der Waals surface area (Å²) in [6, 6.07) is 0. The highest BCUT2D eigenvalue weighted by Gasteiger charge is 2.50. The third-order valence-corrected chi connectivity index (χ3v) is 8.36. The summed E-state index contributed by atoms with van der Waals surface area (Å²) in [5, 5.41) is 20.1. The number of aliphatic hydroxyl groups excluding tert-OH is 1. The second-order valence-corrected chi connectivity index (χ2v) is 11.2. The molecule has 2 heteroatoms. The van der Waals surface area contributed by atoms with Crippen molar-refractivity contribution in [1.82, 2.24) is 0 Å². The van der Waals surface area contributed by atoms with Crippen LogP contribution in [-0.4, -0.2) is 21.9 Å². The van der Waals surface area contributed by atoms with E-state index in [-0.39, 0.29) is 6.10 Å². The molecule has 0 spiro atoms. The Kier molecular flexibility index (Phi) is 7.16. The van der Waals surface area contributed by atoms with Gasteiger partial charge in [0, 0.05) is 0 Å². The van der Waals surface area contributed by atoms with Crippen molar-refractivity contribution in [2.24, 2.45) is 23.2 Å². The van der Waals surface area contributed by atoms with E-state index in [4.69, 9.17) is 0 Å². The Morgan fingerprint density at radius 1 is 1.21 bits per heavy atom. The van der Waals surface area contributed by atoms with Crippen molar-refractivity contribution in [2.75, 3.05) is 0 Å². The smallest absolute Gasteiger partial charge is 0.0591 e. The second-order valence-electron chi connectivity index (χ2n) is 11.2. The first-order chi connectivity index (χ1) is 13.6. The minimum atomic E-state index is -0.535. The predicted molar refractivity (Wildman–Crippen MR) is 123 cm³/mol. The normalized spacial score (nSPS) is 37.2. The lowest BCUT2D eigenvalue weighted by Crippen LogP contribution is -2.36. The van der Waals surface area contributed by atoms with Gasteiger partial charge in [-0.1, -0.05) is 56.6 Å². The Balaban J connectivity index is 1.68. The molecule has 3 saturated carbocycles. The summed E-state index contributed by atoms with van der Waals surface area (Å²) in [5.74, 6) is 2.26. The average Bonchev–Trinajstić information content (AvgIpc) is 2.99. The van der Waals surface area contributed by atoms with Crippen molar-refractivity contribution in [3.05, 3.63) is 35.5 Å². The van der Waals surface area contributed by atoms with Crippen LogP contribution in [-0.2, 0) is 0 Å². The van der Waals surface area contributed by atoms with Crippen LogP contribution < -0.4 is 0 Å². The van der Waals surface area contributed by atoms with E-state index >= 15 is 0 Å². The predicted octanol–water partition coefficient (Wildman–Crippen LogP) is 6.73. The van der Waals surface area contributed by atoms with Crippen molar-refractivity contribution in [3.63, 3.8) is 0 Å². The van der Waals surface area contributed by atoms with E-state index in [9.17, 15) is 10.2 Å². The molecule has 3 aliphatic rings. The molecule has 5 atom stereocenters. The van der Waals surface area contributed by atoms with Crippen LogP contribution in [0.1, 0.15) is 98.3 Å². The summed E-state index contributed by atoms with van der Waals surface area (Å²) in [6.45, 7) is 13.1. The van der Waals surface area contributed by atoms with Crippen LogP contribution in [0.25, 0.3) is 0 Å². The number of rotatable bonds is 6. The maximum absolute atomic E-state index is 10.0. The zero-order chi connectivity index (χ0) is 21.2. The highest BCUT2D eigenvalue weighted by molar-refractivity contribution is 5.36. The van der Waals surface area contributed by atoms with E-state index in [0.29, 0.717) is 5.41 Å². The van der Waals surface area contributed by atoms with Gasteiger partial charge >= 0.3 is 0 Å². The van der Waals surface area contributed by atoms with Crippen molar-refractivity contribution < 1.29 is 10.2 Å². The molecule has 3 rings (SSSR count). The molecule has 2 N–H and O–H groups in total. The zero-order valence-electron chi connectivity index (χ0n) is 19.3. The van der Waals surface area contributed by atoms with Crippen molar-refractivity contribution in [1.29, 1.82) is 0 Å². The molecule has 0 saturated heterocycles. The third kappa shape index (κ3) is 5.44. The number of allylic oxidation sites excluding steroid dienone is 4. The Morgan fingerprint density at radius 3 is 2.69 bits per heavy atom. The van der Waals surface area contributed by atoms with E-state index in [1.54, 1.807) is 5.57 Å². The molecule has 0 heterocycles. The standard InChI is InChI=1S/C27H44O2/c1-19-10-13-23(28)18-22(19)12-11-21-9-7-17-27(5)24(14-15-25(21)27)20(2)8-6-16-26(3,4)29/h11-12,20,23-25,28-29H,1,6-10,13-18H2,2-5H3/b21-11+,22-12-/t20?,23-,24?,25-,27?/m0/s1. The topological polar surface area (TPSA) is 40.5 Å². The zero-order valence-corrected chi connectivity index (χ0v) is 19.3. The minimum absolute atomic E-state index is 0.192. The molecule has 0 aliphatic heterocycles. The van der Waals surface area contributed by atoms with Crippen LogP contribution >= 0.6 is 0 Å². The largest absolute Gasteiger partial charge is 0.393 e. The Morgan fingerprint density at radius 2 is 1.97 bits per heavy atom. The lowest BCUT2D eigenvalue weighted by Gasteiger charge is -2.44. The van der Waals surface area contributed by atoms with Gasteiger partial charge in [0.25, 0.3) is 0 Å². The molecule has 0 aromatic carbocycles. The van der Waals surface area contributed by atoms with E-state index in [0.717, 1.165) is 49.9 Å². The molecular formula is C27H44O2. The van der Waals surface area contributed by atoms with E-state index in [1.165, 1.54) is 49.7 Å². The number of fused-ring (bicyclic) bond motifs is 1. The van der Waals surface area contributed by atoms with Crippen molar-refractivity contribution in [3.8, 4) is 0 Å². The lowest BCUT2D eigenvalue weighted by atomic mass is 9.60. The SMILES string of the molecule is C=C1CC[C@H](O)C/C1=C/C=C1\CCCC2(C)C(C(C)CCCC(C)(C)O)CC[C@@H]12. The van der Waals surface area contributed by atoms with Gasteiger partial charge in [0.05, 0.1) is 11.7 Å². The first-order valence-corrected chi connectivity index (χ1v) is 12.1. The molecule has 0 bridgehead atoms. The van der Waals surface area contributed by atoms with Gasteiger partial charge in [0.1, 0.15) is 0 Å². The second kappa shape index (κ2) is 9.10. The first kappa shape index (κ1) is 22.8. The molecule has 164 valence electrons. The summed E-state index contributed by atoms with van der Waals surface area (Å²) >= 11 is 0. The highest BCUT2D eigenvalue weighted by atomic mass is 16.3. The Bertz CT molecular complexity index is 650. The molecule has 3 aliphatic carbocycles. The van der Waals surface area contributed by atoms with Gasteiger partial charge in [0.2, 0.25) is 0 Å². The summed E-state index contributed by atoms with van der Waals surface area (Å²) in [5.41, 5.74) is 4.02. The van der Waals surface area contributed by atoms with Crippen molar-refractivity contribution in [2.45, 2.75) is 110 Å². The van der Waals surface area contributed by atoms with Gasteiger partial charge < -0.3 is 10.2 Å². The van der Waals surface area contributed by atoms with Gasteiger partial charge in [-0.25, -0.2) is 0 Å². The van der Waals surface area contributed by atoms with Crippen LogP contribution in [0.3, 0.4) is 0 Å². The Hall–Kier alpha value is -0.860. The molecule has 0 radical (unpaired) electrons. The van der Waals surface area contributed by atoms with E-state index < -0.39 is 5.60 Å². The number of hydrogen-bond donors (Lipinski definition) is 2. The molecule has 3 fully saturated rings. The van der Waals surface area contributed by atoms with Crippen LogP contribution in [0.15, 0.2) is 35.5 Å². The maximum Gasteiger partial charge on any atom is 0.0591 e. The highest BCUT2D eigenvalue weighted by Crippen LogP contribution is 2.60. The number of hydrogen-bond acceptors (Lipinski definition) is 2. The van der Waals surface area contributed by atoms with Gasteiger partial charge in [-0.05, 0) is 100 Å². The fourth-order valence-corrected chi connectivity index (χ4v) is 6.67. The molecule has 3 unspecified atom stereocenters. The van der Waals surface area contributed by atoms with Gasteiger partial charge in [-0.2, -0.15) is 0 Å². The number of aliphatic hydroxyl groups is 2. The fourth-order valence-electron chi connectivity index (χ4n) is 6.67. The minimum Gasteiger partial charge on any atom is -0.393 e. The van der Waals surface area contributed by atoms with Gasteiger partial charge in [-0.15, -0.1) is 0 Å². The van der Waals surface area contributed by atoms with Crippen LogP contribution in [0.2, 0.25) is 0 Å².